The number of thioether (sulfide) groups is 1. The first kappa shape index (κ1) is 13.4. The second-order valence-electron chi connectivity index (χ2n) is 4.05. The van der Waals surface area contributed by atoms with Gasteiger partial charge in [0.15, 0.2) is 0 Å². The smallest absolute Gasteiger partial charge is 0.307 e. The lowest BCUT2D eigenvalue weighted by molar-refractivity contribution is -0.136. The van der Waals surface area contributed by atoms with E-state index < -0.39 is 5.97 Å². The topological polar surface area (TPSA) is 76.2 Å². The summed E-state index contributed by atoms with van der Waals surface area (Å²) in [6.45, 7) is 0. The number of aromatic nitrogens is 1. The minimum absolute atomic E-state index is 0.0523. The lowest BCUT2D eigenvalue weighted by Crippen LogP contribution is -2.02. The highest BCUT2D eigenvalue weighted by Gasteiger charge is 2.06. The first-order chi connectivity index (χ1) is 9.15. The Morgan fingerprint density at radius 2 is 1.95 bits per heavy atom. The van der Waals surface area contributed by atoms with E-state index >= 15 is 0 Å². The summed E-state index contributed by atoms with van der Waals surface area (Å²) < 4.78 is 0. The van der Waals surface area contributed by atoms with Crippen LogP contribution in [0.5, 0.6) is 0 Å². The van der Waals surface area contributed by atoms with Crippen molar-refractivity contribution >= 4 is 23.5 Å². The predicted octanol–water partition coefficient (Wildman–Crippen LogP) is 2.58. The van der Waals surface area contributed by atoms with Gasteiger partial charge >= 0.3 is 5.97 Å². The molecule has 98 valence electrons. The van der Waals surface area contributed by atoms with Crippen LogP contribution in [-0.4, -0.2) is 16.1 Å². The van der Waals surface area contributed by atoms with Crippen LogP contribution in [-0.2, 0) is 17.0 Å². The number of nitrogens with zero attached hydrogens (tertiary/aromatic N) is 1. The number of carboxylic acids is 1. The third kappa shape index (κ3) is 3.99. The van der Waals surface area contributed by atoms with Crippen LogP contribution in [0.2, 0.25) is 0 Å². The molecule has 0 saturated carbocycles. The summed E-state index contributed by atoms with van der Waals surface area (Å²) in [7, 11) is 0. The van der Waals surface area contributed by atoms with Crippen molar-refractivity contribution in [3.63, 3.8) is 0 Å². The van der Waals surface area contributed by atoms with E-state index in [0.29, 0.717) is 5.82 Å². The molecule has 0 radical (unpaired) electrons. The molecule has 0 aliphatic carbocycles. The molecule has 1 heterocycles. The summed E-state index contributed by atoms with van der Waals surface area (Å²) in [4.78, 5) is 15.8. The van der Waals surface area contributed by atoms with Gasteiger partial charge in [-0.2, -0.15) is 0 Å². The number of pyridine rings is 1. The number of anilines is 1. The van der Waals surface area contributed by atoms with Gasteiger partial charge in [-0.3, -0.25) is 4.79 Å². The average Bonchev–Trinajstić information content (AvgIpc) is 2.39. The zero-order valence-corrected chi connectivity index (χ0v) is 11.1. The Labute approximate surface area is 115 Å². The molecule has 0 unspecified atom stereocenters. The minimum Gasteiger partial charge on any atom is -0.481 e. The van der Waals surface area contributed by atoms with Crippen molar-refractivity contribution in [2.24, 2.45) is 0 Å². The molecule has 4 nitrogen and oxygen atoms in total. The molecule has 0 aliphatic rings. The number of nitrogen functional groups attached to an aromatic ring is 1. The molecule has 2 aromatic rings. The quantitative estimate of drug-likeness (QED) is 0.819. The van der Waals surface area contributed by atoms with E-state index in [0.717, 1.165) is 21.8 Å². The zero-order chi connectivity index (χ0) is 13.7. The maximum atomic E-state index is 10.8. The van der Waals surface area contributed by atoms with Crippen LogP contribution in [0.15, 0.2) is 47.5 Å². The Bertz CT molecular complexity index is 570. The summed E-state index contributed by atoms with van der Waals surface area (Å²) in [6, 6.07) is 11.2. The van der Waals surface area contributed by atoms with E-state index in [2.05, 4.69) is 4.98 Å². The molecule has 0 bridgehead atoms. The molecule has 5 heteroatoms. The number of hydrogen-bond acceptors (Lipinski definition) is 4. The molecule has 0 amide bonds. The highest BCUT2D eigenvalue weighted by molar-refractivity contribution is 7.98. The summed E-state index contributed by atoms with van der Waals surface area (Å²) >= 11 is 1.61. The molecule has 0 fully saturated rings. The van der Waals surface area contributed by atoms with Gasteiger partial charge in [0.05, 0.1) is 6.42 Å². The number of carbonyl (C=O) groups is 1. The van der Waals surface area contributed by atoms with Crippen molar-refractivity contribution in [1.29, 1.82) is 0 Å². The fourth-order valence-corrected chi connectivity index (χ4v) is 2.57. The van der Waals surface area contributed by atoms with E-state index in [1.165, 1.54) is 0 Å². The second-order valence-corrected chi connectivity index (χ2v) is 5.10. The number of nitrogens with two attached hydrogens (primary N) is 1. The van der Waals surface area contributed by atoms with Crippen LogP contribution in [0.3, 0.4) is 0 Å². The summed E-state index contributed by atoms with van der Waals surface area (Å²) in [5.41, 5.74) is 7.41. The van der Waals surface area contributed by atoms with Crippen molar-refractivity contribution < 1.29 is 9.90 Å². The highest BCUT2D eigenvalue weighted by atomic mass is 32.2. The van der Waals surface area contributed by atoms with Gasteiger partial charge in [-0.1, -0.05) is 24.3 Å². The fraction of sp³-hybridized carbons (Fsp3) is 0.143. The maximum Gasteiger partial charge on any atom is 0.307 e. The number of hydrogen-bond donors (Lipinski definition) is 2. The average molecular weight is 274 g/mol. The maximum absolute atomic E-state index is 10.8. The van der Waals surface area contributed by atoms with Gasteiger partial charge in [-0.05, 0) is 23.3 Å². The Kier molecular flexibility index (Phi) is 4.41. The molecule has 0 aliphatic heterocycles. The number of benzene rings is 1. The Balaban J connectivity index is 2.06. The van der Waals surface area contributed by atoms with Crippen molar-refractivity contribution in [2.45, 2.75) is 17.1 Å². The van der Waals surface area contributed by atoms with Crippen LogP contribution >= 0.6 is 11.8 Å². The van der Waals surface area contributed by atoms with Crippen LogP contribution in [0, 0.1) is 0 Å². The van der Waals surface area contributed by atoms with Crippen LogP contribution < -0.4 is 5.73 Å². The minimum atomic E-state index is -0.813. The molecule has 19 heavy (non-hydrogen) atoms. The largest absolute Gasteiger partial charge is 0.481 e. The predicted molar refractivity (Wildman–Crippen MR) is 76.0 cm³/mol. The van der Waals surface area contributed by atoms with Crippen LogP contribution in [0.4, 0.5) is 5.82 Å². The lowest BCUT2D eigenvalue weighted by Gasteiger charge is -2.07. The summed E-state index contributed by atoms with van der Waals surface area (Å²) in [5, 5.41) is 8.88. The lowest BCUT2D eigenvalue weighted by atomic mass is 10.1. The normalized spacial score (nSPS) is 10.3. The fourth-order valence-electron chi connectivity index (χ4n) is 1.67. The van der Waals surface area contributed by atoms with Gasteiger partial charge in [0, 0.05) is 16.8 Å². The molecule has 0 spiro atoms. The molecule has 1 aromatic heterocycles. The second kappa shape index (κ2) is 6.24. The molecule has 0 saturated heterocycles. The number of carboxylic acid groups (broad SMARTS) is 1. The summed E-state index contributed by atoms with van der Waals surface area (Å²) in [5.74, 6) is 0.400. The van der Waals surface area contributed by atoms with Gasteiger partial charge < -0.3 is 10.8 Å². The number of rotatable bonds is 5. The van der Waals surface area contributed by atoms with Gasteiger partial charge in [0.2, 0.25) is 0 Å². The molecular formula is C14H14N2O2S. The van der Waals surface area contributed by atoms with Gasteiger partial charge in [-0.25, -0.2) is 4.98 Å². The van der Waals surface area contributed by atoms with Crippen molar-refractivity contribution in [3.05, 3.63) is 53.7 Å². The van der Waals surface area contributed by atoms with Crippen LogP contribution in [0.1, 0.15) is 11.1 Å². The van der Waals surface area contributed by atoms with E-state index in [-0.39, 0.29) is 6.42 Å². The van der Waals surface area contributed by atoms with Gasteiger partial charge in [0.25, 0.3) is 0 Å². The van der Waals surface area contributed by atoms with E-state index in [9.17, 15) is 4.79 Å². The Morgan fingerprint density at radius 3 is 2.58 bits per heavy atom. The molecular weight excluding hydrogens is 260 g/mol. The number of aliphatic carboxylic acids is 1. The zero-order valence-electron chi connectivity index (χ0n) is 10.2. The van der Waals surface area contributed by atoms with Crippen molar-refractivity contribution in [2.75, 3.05) is 5.73 Å². The Morgan fingerprint density at radius 1 is 1.21 bits per heavy atom. The molecule has 2 rings (SSSR count). The monoisotopic (exact) mass is 274 g/mol. The van der Waals surface area contributed by atoms with E-state index in [1.54, 1.807) is 24.0 Å². The van der Waals surface area contributed by atoms with E-state index in [4.69, 9.17) is 10.8 Å². The molecule has 0 atom stereocenters. The van der Waals surface area contributed by atoms with E-state index in [1.807, 2.05) is 30.3 Å². The van der Waals surface area contributed by atoms with Gasteiger partial charge in [-0.15, -0.1) is 11.8 Å². The SMILES string of the molecule is Nc1ccc(SCc2ccccc2CC(=O)O)cn1. The Hall–Kier alpha value is -2.01. The van der Waals surface area contributed by atoms with Crippen molar-refractivity contribution in [3.8, 4) is 0 Å². The molecule has 3 N–H and O–H groups in total. The molecule has 1 aromatic carbocycles. The summed E-state index contributed by atoms with van der Waals surface area (Å²) in [6.07, 6.45) is 1.77. The van der Waals surface area contributed by atoms with Crippen LogP contribution in [0.25, 0.3) is 0 Å². The standard InChI is InChI=1S/C14H14N2O2S/c15-13-6-5-12(8-16-13)19-9-11-4-2-1-3-10(11)7-14(17)18/h1-6,8H,7,9H2,(H2,15,16)(H,17,18). The third-order valence-corrected chi connectivity index (χ3v) is 3.64. The third-order valence-electron chi connectivity index (χ3n) is 2.61. The van der Waals surface area contributed by atoms with Crippen molar-refractivity contribution in [1.82, 2.24) is 4.98 Å². The highest BCUT2D eigenvalue weighted by Crippen LogP contribution is 2.24. The first-order valence-electron chi connectivity index (χ1n) is 5.78. The van der Waals surface area contributed by atoms with Gasteiger partial charge in [0.1, 0.15) is 5.82 Å². The first-order valence-corrected chi connectivity index (χ1v) is 6.76.